The Morgan fingerprint density at radius 2 is 1.71 bits per heavy atom. The number of hydrogen-bond acceptors (Lipinski definition) is 1. The van der Waals surface area contributed by atoms with E-state index in [1.54, 1.807) is 0 Å². The van der Waals surface area contributed by atoms with Gasteiger partial charge in [-0.1, -0.05) is 67.0 Å². The summed E-state index contributed by atoms with van der Waals surface area (Å²) < 4.78 is 1.12. The topological polar surface area (TPSA) is 12.0 Å². The highest BCUT2D eigenvalue weighted by Crippen LogP contribution is 2.33. The maximum Gasteiger partial charge on any atom is 0.0518 e. The average molecular weight is 346 g/mol. The maximum absolute atomic E-state index is 3.73. The van der Waals surface area contributed by atoms with Crippen molar-refractivity contribution in [1.82, 2.24) is 0 Å². The van der Waals surface area contributed by atoms with Gasteiger partial charge in [-0.15, -0.1) is 0 Å². The molecule has 0 saturated carbocycles. The Hall–Kier alpha value is -1.28. The zero-order valence-corrected chi connectivity index (χ0v) is 14.9. The van der Waals surface area contributed by atoms with E-state index in [2.05, 4.69) is 97.5 Å². The Bertz CT molecular complexity index is 584. The fraction of sp³-hybridized carbons (Fsp3) is 0.368. The van der Waals surface area contributed by atoms with Crippen molar-refractivity contribution in [3.8, 4) is 0 Å². The smallest absolute Gasteiger partial charge is 0.0518 e. The monoisotopic (exact) mass is 345 g/mol. The molecule has 0 aliphatic heterocycles. The molecule has 0 amide bonds. The largest absolute Gasteiger partial charge is 0.378 e. The molecule has 2 aromatic carbocycles. The SMILES string of the molecule is Cc1cc(Br)ccc1NC(CC(C)(C)C)c1ccccc1. The van der Waals surface area contributed by atoms with Crippen molar-refractivity contribution in [1.29, 1.82) is 0 Å². The van der Waals surface area contributed by atoms with E-state index in [1.165, 1.54) is 16.8 Å². The Morgan fingerprint density at radius 1 is 1.05 bits per heavy atom. The lowest BCUT2D eigenvalue weighted by atomic mass is 9.85. The molecule has 0 spiro atoms. The molecule has 2 heteroatoms. The molecule has 1 unspecified atom stereocenters. The van der Waals surface area contributed by atoms with Crippen molar-refractivity contribution in [2.75, 3.05) is 5.32 Å². The van der Waals surface area contributed by atoms with E-state index in [1.807, 2.05) is 0 Å². The first kappa shape index (κ1) is 16.1. The normalized spacial score (nSPS) is 13.0. The summed E-state index contributed by atoms with van der Waals surface area (Å²) in [5.74, 6) is 0. The third kappa shape index (κ3) is 4.89. The predicted molar refractivity (Wildman–Crippen MR) is 95.8 cm³/mol. The van der Waals surface area contributed by atoms with Crippen LogP contribution in [0.4, 0.5) is 5.69 Å². The standard InChI is InChI=1S/C19H24BrN/c1-14-12-16(20)10-11-17(14)21-18(13-19(2,3)4)15-8-6-5-7-9-15/h5-12,18,21H,13H2,1-4H3. The molecule has 0 aliphatic carbocycles. The van der Waals surface area contributed by atoms with Gasteiger partial charge in [0.2, 0.25) is 0 Å². The first-order valence-corrected chi connectivity index (χ1v) is 8.22. The van der Waals surface area contributed by atoms with Gasteiger partial charge >= 0.3 is 0 Å². The van der Waals surface area contributed by atoms with Gasteiger partial charge in [-0.05, 0) is 48.1 Å². The first-order chi connectivity index (χ1) is 9.85. The van der Waals surface area contributed by atoms with E-state index in [0.717, 1.165) is 10.9 Å². The Kier molecular flexibility index (Phi) is 5.10. The van der Waals surface area contributed by atoms with E-state index in [4.69, 9.17) is 0 Å². The first-order valence-electron chi connectivity index (χ1n) is 7.43. The minimum Gasteiger partial charge on any atom is -0.378 e. The van der Waals surface area contributed by atoms with Gasteiger partial charge in [-0.3, -0.25) is 0 Å². The molecule has 0 radical (unpaired) electrons. The zero-order chi connectivity index (χ0) is 15.5. The number of nitrogens with one attached hydrogen (secondary N) is 1. The minimum atomic E-state index is 0.275. The van der Waals surface area contributed by atoms with Gasteiger partial charge < -0.3 is 5.32 Å². The van der Waals surface area contributed by atoms with E-state index in [-0.39, 0.29) is 5.41 Å². The highest BCUT2D eigenvalue weighted by Gasteiger charge is 2.20. The van der Waals surface area contributed by atoms with Crippen LogP contribution in [0.1, 0.15) is 44.4 Å². The molecule has 1 atom stereocenters. The second kappa shape index (κ2) is 6.65. The van der Waals surface area contributed by atoms with Crippen molar-refractivity contribution in [2.24, 2.45) is 5.41 Å². The molecule has 0 saturated heterocycles. The second-order valence-corrected chi connectivity index (χ2v) is 7.75. The Morgan fingerprint density at radius 3 is 2.29 bits per heavy atom. The Labute approximate surface area is 136 Å². The van der Waals surface area contributed by atoms with Gasteiger partial charge in [0.25, 0.3) is 0 Å². The van der Waals surface area contributed by atoms with Crippen molar-refractivity contribution in [3.63, 3.8) is 0 Å². The number of rotatable bonds is 4. The van der Waals surface area contributed by atoms with Crippen LogP contribution in [-0.2, 0) is 0 Å². The van der Waals surface area contributed by atoms with Gasteiger partial charge in [0.1, 0.15) is 0 Å². The van der Waals surface area contributed by atoms with Gasteiger partial charge in [-0.25, -0.2) is 0 Å². The molecule has 112 valence electrons. The highest BCUT2D eigenvalue weighted by molar-refractivity contribution is 9.10. The van der Waals surface area contributed by atoms with E-state index >= 15 is 0 Å². The van der Waals surface area contributed by atoms with E-state index in [9.17, 15) is 0 Å². The summed E-state index contributed by atoms with van der Waals surface area (Å²) in [5, 5.41) is 3.73. The highest BCUT2D eigenvalue weighted by atomic mass is 79.9. The summed E-state index contributed by atoms with van der Waals surface area (Å²) >= 11 is 3.53. The van der Waals surface area contributed by atoms with Crippen LogP contribution in [-0.4, -0.2) is 0 Å². The predicted octanol–water partition coefficient (Wildman–Crippen LogP) is 6.35. The van der Waals surface area contributed by atoms with Crippen LogP contribution in [0, 0.1) is 12.3 Å². The molecule has 2 aromatic rings. The van der Waals surface area contributed by atoms with Crippen LogP contribution < -0.4 is 5.32 Å². The molecule has 1 nitrogen and oxygen atoms in total. The third-order valence-corrected chi connectivity index (χ3v) is 4.03. The number of hydrogen-bond donors (Lipinski definition) is 1. The minimum absolute atomic E-state index is 0.275. The fourth-order valence-corrected chi connectivity index (χ4v) is 3.00. The molecule has 0 aromatic heterocycles. The van der Waals surface area contributed by atoms with Crippen LogP contribution >= 0.6 is 15.9 Å². The summed E-state index contributed by atoms with van der Waals surface area (Å²) in [7, 11) is 0. The van der Waals surface area contributed by atoms with Crippen molar-refractivity contribution in [2.45, 2.75) is 40.2 Å². The van der Waals surface area contributed by atoms with Crippen LogP contribution in [0.25, 0.3) is 0 Å². The molecule has 0 bridgehead atoms. The summed E-state index contributed by atoms with van der Waals surface area (Å²) in [6, 6.07) is 17.4. The number of aryl methyl sites for hydroxylation is 1. The van der Waals surface area contributed by atoms with E-state index in [0.29, 0.717) is 6.04 Å². The molecule has 0 fully saturated rings. The molecule has 21 heavy (non-hydrogen) atoms. The summed E-state index contributed by atoms with van der Waals surface area (Å²) in [6.45, 7) is 9.02. The zero-order valence-electron chi connectivity index (χ0n) is 13.3. The van der Waals surface area contributed by atoms with Crippen LogP contribution in [0.15, 0.2) is 53.0 Å². The summed E-state index contributed by atoms with van der Waals surface area (Å²) in [5.41, 5.74) is 4.09. The summed E-state index contributed by atoms with van der Waals surface area (Å²) in [6.07, 6.45) is 1.09. The van der Waals surface area contributed by atoms with Crippen molar-refractivity contribution < 1.29 is 0 Å². The van der Waals surface area contributed by atoms with Gasteiger partial charge in [0.15, 0.2) is 0 Å². The van der Waals surface area contributed by atoms with E-state index < -0.39 is 0 Å². The Balaban J connectivity index is 2.28. The van der Waals surface area contributed by atoms with Gasteiger partial charge in [0.05, 0.1) is 6.04 Å². The number of benzene rings is 2. The van der Waals surface area contributed by atoms with Gasteiger partial charge in [0, 0.05) is 10.2 Å². The molecule has 2 rings (SSSR count). The molecular weight excluding hydrogens is 322 g/mol. The molecular formula is C19H24BrN. The maximum atomic E-state index is 3.73. The van der Waals surface area contributed by atoms with Gasteiger partial charge in [-0.2, -0.15) is 0 Å². The molecule has 1 N–H and O–H groups in total. The quantitative estimate of drug-likeness (QED) is 0.680. The molecule has 0 aliphatic rings. The lowest BCUT2D eigenvalue weighted by Gasteiger charge is -2.28. The third-order valence-electron chi connectivity index (χ3n) is 3.54. The summed E-state index contributed by atoms with van der Waals surface area (Å²) in [4.78, 5) is 0. The lowest BCUT2D eigenvalue weighted by Crippen LogP contribution is -2.19. The fourth-order valence-electron chi connectivity index (χ4n) is 2.53. The van der Waals surface area contributed by atoms with Crippen molar-refractivity contribution in [3.05, 3.63) is 64.1 Å². The number of halogens is 1. The van der Waals surface area contributed by atoms with Crippen LogP contribution in [0.3, 0.4) is 0 Å². The number of anilines is 1. The van der Waals surface area contributed by atoms with Crippen molar-refractivity contribution >= 4 is 21.6 Å². The second-order valence-electron chi connectivity index (χ2n) is 6.83. The van der Waals surface area contributed by atoms with Crippen LogP contribution in [0.2, 0.25) is 0 Å². The average Bonchev–Trinajstić information content (AvgIpc) is 2.40. The molecule has 0 heterocycles. The van der Waals surface area contributed by atoms with Crippen LogP contribution in [0.5, 0.6) is 0 Å². The lowest BCUT2D eigenvalue weighted by molar-refractivity contribution is 0.352.